The lowest BCUT2D eigenvalue weighted by atomic mass is 10.1. The molecule has 0 bridgehead atoms. The fraction of sp³-hybridized carbons (Fsp3) is 0.0556. The average Bonchev–Trinajstić information content (AvgIpc) is 2.62. The fourth-order valence-corrected chi connectivity index (χ4v) is 2.31. The highest BCUT2D eigenvalue weighted by Crippen LogP contribution is 2.22. The number of anilines is 3. The summed E-state index contributed by atoms with van der Waals surface area (Å²) >= 11 is 5.80. The van der Waals surface area contributed by atoms with Gasteiger partial charge in [-0.05, 0) is 42.0 Å². The molecule has 0 saturated carbocycles. The van der Waals surface area contributed by atoms with Crippen molar-refractivity contribution in [1.82, 2.24) is 10.2 Å². The highest BCUT2D eigenvalue weighted by molar-refractivity contribution is 6.30. The van der Waals surface area contributed by atoms with Crippen molar-refractivity contribution in [3.05, 3.63) is 76.8 Å². The van der Waals surface area contributed by atoms with Crippen LogP contribution in [0.2, 0.25) is 5.02 Å². The van der Waals surface area contributed by atoms with Crippen LogP contribution in [0.5, 0.6) is 0 Å². The Balaban J connectivity index is 1.62. The van der Waals surface area contributed by atoms with Crippen molar-refractivity contribution < 1.29 is 13.6 Å². The number of rotatable bonds is 5. The van der Waals surface area contributed by atoms with Crippen LogP contribution in [0.4, 0.5) is 26.1 Å². The molecule has 3 aromatic rings. The maximum Gasteiger partial charge on any atom is 0.229 e. The zero-order valence-corrected chi connectivity index (χ0v) is 14.1. The van der Waals surface area contributed by atoms with Gasteiger partial charge in [0.2, 0.25) is 5.91 Å². The van der Waals surface area contributed by atoms with Crippen LogP contribution in [0.25, 0.3) is 0 Å². The van der Waals surface area contributed by atoms with Crippen molar-refractivity contribution in [2.45, 2.75) is 6.42 Å². The van der Waals surface area contributed by atoms with Crippen LogP contribution >= 0.6 is 11.6 Å². The number of hydrogen-bond donors (Lipinski definition) is 2. The molecule has 0 aliphatic carbocycles. The topological polar surface area (TPSA) is 66.9 Å². The van der Waals surface area contributed by atoms with Crippen molar-refractivity contribution in [2.75, 3.05) is 10.6 Å². The van der Waals surface area contributed by atoms with Gasteiger partial charge in [-0.1, -0.05) is 29.8 Å². The lowest BCUT2D eigenvalue weighted by Gasteiger charge is -2.08. The van der Waals surface area contributed by atoms with Gasteiger partial charge in [-0.15, -0.1) is 10.2 Å². The first-order chi connectivity index (χ1) is 12.5. The predicted molar refractivity (Wildman–Crippen MR) is 95.5 cm³/mol. The molecule has 0 fully saturated rings. The number of hydrogen-bond acceptors (Lipinski definition) is 4. The van der Waals surface area contributed by atoms with Crippen LogP contribution in [-0.4, -0.2) is 16.1 Å². The number of nitrogens with one attached hydrogen (secondary N) is 2. The number of halogens is 3. The van der Waals surface area contributed by atoms with E-state index in [-0.39, 0.29) is 29.7 Å². The van der Waals surface area contributed by atoms with Crippen LogP contribution in [0.1, 0.15) is 5.56 Å². The van der Waals surface area contributed by atoms with E-state index >= 15 is 0 Å². The maximum absolute atomic E-state index is 13.6. The Labute approximate surface area is 153 Å². The highest BCUT2D eigenvalue weighted by Gasteiger charge is 2.10. The molecular formula is C18H13ClF2N4O. The number of amides is 1. The van der Waals surface area contributed by atoms with Gasteiger partial charge in [-0.25, -0.2) is 8.78 Å². The van der Waals surface area contributed by atoms with Crippen molar-refractivity contribution >= 4 is 34.8 Å². The van der Waals surface area contributed by atoms with E-state index in [4.69, 9.17) is 11.6 Å². The lowest BCUT2D eigenvalue weighted by molar-refractivity contribution is -0.115. The average molecular weight is 375 g/mol. The molecule has 5 nitrogen and oxygen atoms in total. The molecule has 8 heteroatoms. The number of carbonyl (C=O) groups is 1. The Morgan fingerprint density at radius 1 is 0.923 bits per heavy atom. The van der Waals surface area contributed by atoms with Crippen LogP contribution in [-0.2, 0) is 11.2 Å². The van der Waals surface area contributed by atoms with Gasteiger partial charge in [0.05, 0.1) is 6.42 Å². The lowest BCUT2D eigenvalue weighted by Crippen LogP contribution is -2.15. The molecule has 2 aromatic carbocycles. The van der Waals surface area contributed by atoms with E-state index in [1.54, 1.807) is 24.3 Å². The van der Waals surface area contributed by atoms with Gasteiger partial charge in [0, 0.05) is 5.02 Å². The highest BCUT2D eigenvalue weighted by atomic mass is 35.5. The standard InChI is InChI=1S/C18H13ClF2N4O/c19-12-6-4-11(5-7-12)10-17(26)22-15-8-9-16(25-24-15)23-18-13(20)2-1-3-14(18)21/h1-9H,10H2,(H,23,25)(H,22,24,26). The molecule has 0 aliphatic heterocycles. The molecule has 0 unspecified atom stereocenters. The molecule has 2 N–H and O–H groups in total. The number of benzene rings is 2. The first-order valence-electron chi connectivity index (χ1n) is 7.60. The first kappa shape index (κ1) is 17.8. The van der Waals surface area contributed by atoms with E-state index in [1.807, 2.05) is 0 Å². The molecule has 0 spiro atoms. The third-order valence-corrected chi connectivity index (χ3v) is 3.68. The van der Waals surface area contributed by atoms with Crippen LogP contribution in [0.3, 0.4) is 0 Å². The molecule has 1 aromatic heterocycles. The van der Waals surface area contributed by atoms with Gasteiger partial charge in [-0.3, -0.25) is 4.79 Å². The Hall–Kier alpha value is -3.06. The van der Waals surface area contributed by atoms with E-state index in [0.29, 0.717) is 5.02 Å². The molecule has 132 valence electrons. The van der Waals surface area contributed by atoms with Gasteiger partial charge in [-0.2, -0.15) is 0 Å². The zero-order chi connectivity index (χ0) is 18.5. The van der Waals surface area contributed by atoms with Gasteiger partial charge in [0.15, 0.2) is 11.6 Å². The molecule has 1 amide bonds. The van der Waals surface area contributed by atoms with Gasteiger partial charge in [0.1, 0.15) is 17.3 Å². The van der Waals surface area contributed by atoms with Crippen molar-refractivity contribution in [2.24, 2.45) is 0 Å². The Kier molecular flexibility index (Phi) is 5.38. The monoisotopic (exact) mass is 374 g/mol. The molecule has 0 aliphatic rings. The molecule has 1 heterocycles. The van der Waals surface area contributed by atoms with E-state index in [0.717, 1.165) is 17.7 Å². The van der Waals surface area contributed by atoms with Crippen LogP contribution in [0, 0.1) is 11.6 Å². The normalized spacial score (nSPS) is 10.4. The van der Waals surface area contributed by atoms with Gasteiger partial charge >= 0.3 is 0 Å². The van der Waals surface area contributed by atoms with E-state index in [2.05, 4.69) is 20.8 Å². The largest absolute Gasteiger partial charge is 0.334 e. The SMILES string of the molecule is O=C(Cc1ccc(Cl)cc1)Nc1ccc(Nc2c(F)cccc2F)nn1. The third-order valence-electron chi connectivity index (χ3n) is 3.43. The second-order valence-corrected chi connectivity index (χ2v) is 5.81. The summed E-state index contributed by atoms with van der Waals surface area (Å²) in [5.41, 5.74) is 0.481. The molecule has 3 rings (SSSR count). The Bertz CT molecular complexity index is 897. The number of nitrogens with zero attached hydrogens (tertiary/aromatic N) is 2. The van der Waals surface area contributed by atoms with E-state index < -0.39 is 11.6 Å². The van der Waals surface area contributed by atoms with Crippen LogP contribution in [0.15, 0.2) is 54.6 Å². The van der Waals surface area contributed by atoms with Crippen molar-refractivity contribution in [1.29, 1.82) is 0 Å². The van der Waals surface area contributed by atoms with Crippen molar-refractivity contribution in [3.63, 3.8) is 0 Å². The van der Waals surface area contributed by atoms with E-state index in [9.17, 15) is 13.6 Å². The zero-order valence-electron chi connectivity index (χ0n) is 13.3. The summed E-state index contributed by atoms with van der Waals surface area (Å²) in [4.78, 5) is 12.0. The van der Waals surface area contributed by atoms with Crippen molar-refractivity contribution in [3.8, 4) is 0 Å². The summed E-state index contributed by atoms with van der Waals surface area (Å²) in [6.45, 7) is 0. The summed E-state index contributed by atoms with van der Waals surface area (Å²) in [7, 11) is 0. The summed E-state index contributed by atoms with van der Waals surface area (Å²) < 4.78 is 27.2. The molecule has 0 saturated heterocycles. The Morgan fingerprint density at radius 2 is 1.54 bits per heavy atom. The minimum Gasteiger partial charge on any atom is -0.334 e. The third kappa shape index (κ3) is 4.52. The maximum atomic E-state index is 13.6. The summed E-state index contributed by atoms with van der Waals surface area (Å²) in [5.74, 6) is -1.39. The minimum atomic E-state index is -0.743. The molecular weight excluding hydrogens is 362 g/mol. The summed E-state index contributed by atoms with van der Waals surface area (Å²) in [6.07, 6.45) is 0.152. The van der Waals surface area contributed by atoms with Gasteiger partial charge < -0.3 is 10.6 Å². The Morgan fingerprint density at radius 3 is 2.15 bits per heavy atom. The fourth-order valence-electron chi connectivity index (χ4n) is 2.19. The number of para-hydroxylation sites is 1. The smallest absolute Gasteiger partial charge is 0.229 e. The first-order valence-corrected chi connectivity index (χ1v) is 7.98. The molecule has 0 radical (unpaired) electrons. The van der Waals surface area contributed by atoms with Gasteiger partial charge in [0.25, 0.3) is 0 Å². The summed E-state index contributed by atoms with van der Waals surface area (Å²) in [6, 6.07) is 13.4. The molecule has 0 atom stereocenters. The van der Waals surface area contributed by atoms with E-state index in [1.165, 1.54) is 18.2 Å². The number of aromatic nitrogens is 2. The quantitative estimate of drug-likeness (QED) is 0.697. The number of carbonyl (C=O) groups excluding carboxylic acids is 1. The minimum absolute atomic E-state index is 0.143. The summed E-state index contributed by atoms with van der Waals surface area (Å²) in [5, 5.41) is 13.3. The predicted octanol–water partition coefficient (Wildman–Crippen LogP) is 4.33. The van der Waals surface area contributed by atoms with Crippen LogP contribution < -0.4 is 10.6 Å². The molecule has 26 heavy (non-hydrogen) atoms. The second kappa shape index (κ2) is 7.88. The second-order valence-electron chi connectivity index (χ2n) is 5.38.